The van der Waals surface area contributed by atoms with E-state index in [0.717, 1.165) is 0 Å². The highest BCUT2D eigenvalue weighted by Crippen LogP contribution is 2.19. The number of carbonyl (C=O) groups excluding carboxylic acids is 1. The lowest BCUT2D eigenvalue weighted by atomic mass is 10.2. The number of amides is 1. The smallest absolute Gasteiger partial charge is 0.417 e. The first-order valence-corrected chi connectivity index (χ1v) is 5.70. The molecule has 1 unspecified atom stereocenters. The number of hydrogen-bond acceptors (Lipinski definition) is 4. The van der Waals surface area contributed by atoms with Gasteiger partial charge in [0.25, 0.3) is 0 Å². The van der Waals surface area contributed by atoms with Crippen LogP contribution in [0, 0.1) is 0 Å². The van der Waals surface area contributed by atoms with Gasteiger partial charge in [-0.2, -0.15) is 0 Å². The summed E-state index contributed by atoms with van der Waals surface area (Å²) < 4.78 is 5.09. The minimum Gasteiger partial charge on any atom is -0.478 e. The van der Waals surface area contributed by atoms with Crippen LogP contribution in [0.5, 0.6) is 0 Å². The van der Waals surface area contributed by atoms with E-state index in [4.69, 9.17) is 9.84 Å². The zero-order valence-corrected chi connectivity index (χ0v) is 11.0. The number of hydrogen-bond donors (Lipinski definition) is 2. The monoisotopic (exact) mass is 267 g/mol. The Morgan fingerprint density at radius 2 is 1.74 bits per heavy atom. The number of aliphatic carboxylic acids is 1. The summed E-state index contributed by atoms with van der Waals surface area (Å²) in [6.07, 6.45) is -2.93. The van der Waals surface area contributed by atoms with Crippen LogP contribution in [0.4, 0.5) is 10.5 Å². The van der Waals surface area contributed by atoms with Gasteiger partial charge in [-0.3, -0.25) is 0 Å². The van der Waals surface area contributed by atoms with Crippen LogP contribution in [0.25, 0.3) is 0 Å². The molecule has 6 nitrogen and oxygen atoms in total. The van der Waals surface area contributed by atoms with Crippen molar-refractivity contribution in [3.05, 3.63) is 30.3 Å². The molecule has 0 fully saturated rings. The third kappa shape index (κ3) is 4.26. The fourth-order valence-corrected chi connectivity index (χ4v) is 1.36. The number of benzene rings is 1. The number of aliphatic hydroxyl groups excluding tert-OH is 1. The molecule has 1 aromatic carbocycles. The van der Waals surface area contributed by atoms with E-state index >= 15 is 0 Å². The van der Waals surface area contributed by atoms with Gasteiger partial charge in [-0.15, -0.1) is 0 Å². The molecule has 0 aromatic heterocycles. The molecule has 1 amide bonds. The van der Waals surface area contributed by atoms with Crippen LogP contribution in [-0.4, -0.2) is 34.1 Å². The summed E-state index contributed by atoms with van der Waals surface area (Å²) in [5.74, 6) is -1.53. The molecule has 0 saturated heterocycles. The molecule has 1 rings (SSSR count). The Labute approximate surface area is 111 Å². The van der Waals surface area contributed by atoms with Crippen LogP contribution in [0.2, 0.25) is 0 Å². The van der Waals surface area contributed by atoms with Gasteiger partial charge >= 0.3 is 12.1 Å². The van der Waals surface area contributed by atoms with Crippen molar-refractivity contribution in [3.63, 3.8) is 0 Å². The van der Waals surface area contributed by atoms with Crippen molar-refractivity contribution in [2.45, 2.75) is 32.6 Å². The maximum atomic E-state index is 12.0. The second-order valence-electron chi connectivity index (χ2n) is 4.90. The van der Waals surface area contributed by atoms with Crippen molar-refractivity contribution in [3.8, 4) is 0 Å². The summed E-state index contributed by atoms with van der Waals surface area (Å²) in [6.45, 7) is 4.96. The SMILES string of the molecule is CC(C)(C)OC(=O)N(c1ccccc1)C(O)C(=O)O. The van der Waals surface area contributed by atoms with Crippen LogP contribution < -0.4 is 4.90 Å². The third-order valence-electron chi connectivity index (χ3n) is 2.09. The number of carboxylic acids is 1. The summed E-state index contributed by atoms with van der Waals surface area (Å²) in [5, 5.41) is 18.5. The summed E-state index contributed by atoms with van der Waals surface area (Å²) in [6, 6.07) is 7.98. The Bertz CT molecular complexity index is 452. The molecule has 2 N–H and O–H groups in total. The number of carbonyl (C=O) groups is 2. The first-order valence-electron chi connectivity index (χ1n) is 5.70. The molecule has 0 aliphatic carbocycles. The summed E-state index contributed by atoms with van der Waals surface area (Å²) in [7, 11) is 0. The Morgan fingerprint density at radius 3 is 2.16 bits per heavy atom. The van der Waals surface area contributed by atoms with E-state index in [9.17, 15) is 14.7 Å². The number of carboxylic acid groups (broad SMARTS) is 1. The van der Waals surface area contributed by atoms with Gasteiger partial charge < -0.3 is 14.9 Å². The van der Waals surface area contributed by atoms with Crippen molar-refractivity contribution in [1.29, 1.82) is 0 Å². The van der Waals surface area contributed by atoms with Crippen molar-refractivity contribution in [1.82, 2.24) is 0 Å². The first-order chi connectivity index (χ1) is 8.72. The lowest BCUT2D eigenvalue weighted by Gasteiger charge is -2.28. The fraction of sp³-hybridized carbons (Fsp3) is 0.385. The highest BCUT2D eigenvalue weighted by Gasteiger charge is 2.32. The van der Waals surface area contributed by atoms with E-state index in [1.807, 2.05) is 0 Å². The van der Waals surface area contributed by atoms with E-state index in [-0.39, 0.29) is 5.69 Å². The van der Waals surface area contributed by atoms with Crippen LogP contribution >= 0.6 is 0 Å². The number of nitrogens with zero attached hydrogens (tertiary/aromatic N) is 1. The standard InChI is InChI=1S/C13H17NO5/c1-13(2,3)19-12(18)14(10(15)11(16)17)9-7-5-4-6-8-9/h4-8,10,15H,1-3H3,(H,16,17). The van der Waals surface area contributed by atoms with E-state index in [0.29, 0.717) is 4.90 Å². The largest absolute Gasteiger partial charge is 0.478 e. The van der Waals surface area contributed by atoms with Gasteiger partial charge in [-0.05, 0) is 32.9 Å². The van der Waals surface area contributed by atoms with Gasteiger partial charge in [0.2, 0.25) is 6.23 Å². The second kappa shape index (κ2) is 5.71. The highest BCUT2D eigenvalue weighted by atomic mass is 16.6. The third-order valence-corrected chi connectivity index (χ3v) is 2.09. The zero-order chi connectivity index (χ0) is 14.6. The van der Waals surface area contributed by atoms with Crippen molar-refractivity contribution in [2.24, 2.45) is 0 Å². The average Bonchev–Trinajstić information content (AvgIpc) is 2.28. The van der Waals surface area contributed by atoms with E-state index in [2.05, 4.69) is 0 Å². The Hall–Kier alpha value is -2.08. The van der Waals surface area contributed by atoms with Crippen LogP contribution in [-0.2, 0) is 9.53 Å². The van der Waals surface area contributed by atoms with Gasteiger partial charge in [-0.1, -0.05) is 18.2 Å². The predicted octanol–water partition coefficient (Wildman–Crippen LogP) is 1.83. The lowest BCUT2D eigenvalue weighted by molar-refractivity contribution is -0.146. The van der Waals surface area contributed by atoms with Crippen molar-refractivity contribution < 1.29 is 24.5 Å². The molecule has 0 saturated carbocycles. The molecule has 104 valence electrons. The molecule has 0 bridgehead atoms. The van der Waals surface area contributed by atoms with Gasteiger partial charge in [-0.25, -0.2) is 14.5 Å². The van der Waals surface area contributed by atoms with Crippen molar-refractivity contribution >= 4 is 17.7 Å². The van der Waals surface area contributed by atoms with Gasteiger partial charge in [0.05, 0.1) is 5.69 Å². The molecule has 1 atom stereocenters. The number of aliphatic hydroxyl groups is 1. The predicted molar refractivity (Wildman–Crippen MR) is 68.8 cm³/mol. The van der Waals surface area contributed by atoms with Crippen LogP contribution in [0.3, 0.4) is 0 Å². The normalized spacial score (nSPS) is 12.6. The topological polar surface area (TPSA) is 87.1 Å². The van der Waals surface area contributed by atoms with Crippen LogP contribution in [0.1, 0.15) is 20.8 Å². The quantitative estimate of drug-likeness (QED) is 0.816. The van der Waals surface area contributed by atoms with Gasteiger partial charge in [0.1, 0.15) is 5.60 Å². The number of ether oxygens (including phenoxy) is 1. The highest BCUT2D eigenvalue weighted by molar-refractivity contribution is 5.94. The lowest BCUT2D eigenvalue weighted by Crippen LogP contribution is -2.47. The summed E-state index contributed by atoms with van der Waals surface area (Å²) >= 11 is 0. The summed E-state index contributed by atoms with van der Waals surface area (Å²) in [4.78, 5) is 23.6. The Kier molecular flexibility index (Phi) is 4.50. The molecular formula is C13H17NO5. The van der Waals surface area contributed by atoms with Gasteiger partial charge in [0, 0.05) is 0 Å². The summed E-state index contributed by atoms with van der Waals surface area (Å²) in [5.41, 5.74) is -0.547. The fourth-order valence-electron chi connectivity index (χ4n) is 1.36. The van der Waals surface area contributed by atoms with Crippen molar-refractivity contribution in [2.75, 3.05) is 4.90 Å². The molecule has 0 aliphatic heterocycles. The maximum Gasteiger partial charge on any atom is 0.417 e. The zero-order valence-electron chi connectivity index (χ0n) is 11.0. The number of para-hydroxylation sites is 1. The maximum absolute atomic E-state index is 12.0. The van der Waals surface area contributed by atoms with Gasteiger partial charge in [0.15, 0.2) is 0 Å². The molecular weight excluding hydrogens is 250 g/mol. The Balaban J connectivity index is 3.07. The van der Waals surface area contributed by atoms with E-state index in [1.165, 1.54) is 12.1 Å². The first kappa shape index (κ1) is 15.0. The van der Waals surface area contributed by atoms with Crippen LogP contribution in [0.15, 0.2) is 30.3 Å². The number of anilines is 1. The molecule has 0 heterocycles. The number of rotatable bonds is 3. The molecule has 19 heavy (non-hydrogen) atoms. The van der Waals surface area contributed by atoms with E-state index < -0.39 is 23.9 Å². The minimum atomic E-state index is -2.00. The molecule has 0 radical (unpaired) electrons. The second-order valence-corrected chi connectivity index (χ2v) is 4.90. The average molecular weight is 267 g/mol. The molecule has 1 aromatic rings. The minimum absolute atomic E-state index is 0.242. The molecule has 0 spiro atoms. The van der Waals surface area contributed by atoms with E-state index in [1.54, 1.807) is 39.0 Å². The Morgan fingerprint density at radius 1 is 1.21 bits per heavy atom. The molecule has 6 heteroatoms. The molecule has 0 aliphatic rings.